The van der Waals surface area contributed by atoms with Gasteiger partial charge in [-0.15, -0.1) is 0 Å². The highest BCUT2D eigenvalue weighted by molar-refractivity contribution is 7.92. The van der Waals surface area contributed by atoms with Crippen molar-refractivity contribution in [2.45, 2.75) is 45.2 Å². The van der Waals surface area contributed by atoms with Crippen LogP contribution in [0.3, 0.4) is 0 Å². The summed E-state index contributed by atoms with van der Waals surface area (Å²) in [4.78, 5) is 11.6. The second kappa shape index (κ2) is 6.35. The lowest BCUT2D eigenvalue weighted by Crippen LogP contribution is -2.52. The molecule has 0 aromatic heterocycles. The van der Waals surface area contributed by atoms with Gasteiger partial charge in [0.2, 0.25) is 5.91 Å². The number of amides is 1. The number of carbonyl (C=O) groups excluding carboxylic acids is 1. The van der Waals surface area contributed by atoms with Crippen molar-refractivity contribution in [3.8, 4) is 0 Å². The Hall–Kier alpha value is -0.620. The van der Waals surface area contributed by atoms with Gasteiger partial charge in [-0.2, -0.15) is 0 Å². The maximum Gasteiger partial charge on any atom is 0.235 e. The van der Waals surface area contributed by atoms with Crippen molar-refractivity contribution < 1.29 is 13.2 Å². The number of hydrogen-bond donors (Lipinski definition) is 2. The summed E-state index contributed by atoms with van der Waals surface area (Å²) in [6, 6.07) is 0.259. The SMILES string of the molecule is CCCS(=O)(=O)CC(=O)NC1CCCNC1C. The van der Waals surface area contributed by atoms with Gasteiger partial charge in [0.1, 0.15) is 5.75 Å². The minimum Gasteiger partial charge on any atom is -0.351 e. The molecule has 0 bridgehead atoms. The Bertz CT molecular complexity index is 354. The van der Waals surface area contributed by atoms with E-state index in [2.05, 4.69) is 10.6 Å². The van der Waals surface area contributed by atoms with Crippen LogP contribution in [0.25, 0.3) is 0 Å². The summed E-state index contributed by atoms with van der Waals surface area (Å²) in [6.07, 6.45) is 2.47. The first-order valence-corrected chi connectivity index (χ1v) is 8.00. The third-order valence-corrected chi connectivity index (χ3v) is 4.71. The molecule has 17 heavy (non-hydrogen) atoms. The van der Waals surface area contributed by atoms with Crippen LogP contribution in [-0.2, 0) is 14.6 Å². The molecule has 1 amide bonds. The van der Waals surface area contributed by atoms with Crippen molar-refractivity contribution in [1.29, 1.82) is 0 Å². The Morgan fingerprint density at radius 3 is 2.76 bits per heavy atom. The van der Waals surface area contributed by atoms with Gasteiger partial charge in [0.15, 0.2) is 9.84 Å². The van der Waals surface area contributed by atoms with Gasteiger partial charge < -0.3 is 10.6 Å². The Kier molecular flexibility index (Phi) is 5.39. The van der Waals surface area contributed by atoms with Crippen LogP contribution in [-0.4, -0.2) is 44.5 Å². The molecule has 2 N–H and O–H groups in total. The minimum atomic E-state index is -3.23. The van der Waals surface area contributed by atoms with E-state index in [1.165, 1.54) is 0 Å². The second-order valence-corrected chi connectivity index (χ2v) is 6.84. The molecule has 1 aliphatic rings. The molecule has 0 saturated carbocycles. The summed E-state index contributed by atoms with van der Waals surface area (Å²) in [5.41, 5.74) is 0. The molecule has 1 aliphatic heterocycles. The van der Waals surface area contributed by atoms with Gasteiger partial charge >= 0.3 is 0 Å². The molecule has 5 nitrogen and oxygen atoms in total. The standard InChI is InChI=1S/C11H22N2O3S/c1-3-7-17(15,16)8-11(14)13-10-5-4-6-12-9(10)2/h9-10,12H,3-8H2,1-2H3,(H,13,14). The van der Waals surface area contributed by atoms with E-state index in [4.69, 9.17) is 0 Å². The molecule has 1 heterocycles. The van der Waals surface area contributed by atoms with Crippen LogP contribution in [0.5, 0.6) is 0 Å². The predicted molar refractivity (Wildman–Crippen MR) is 67.6 cm³/mol. The third kappa shape index (κ3) is 5.04. The molecule has 2 atom stereocenters. The monoisotopic (exact) mass is 262 g/mol. The molecule has 0 aliphatic carbocycles. The Morgan fingerprint density at radius 2 is 2.18 bits per heavy atom. The minimum absolute atomic E-state index is 0.0491. The van der Waals surface area contributed by atoms with Crippen molar-refractivity contribution in [3.63, 3.8) is 0 Å². The lowest BCUT2D eigenvalue weighted by Gasteiger charge is -2.30. The number of rotatable bonds is 5. The zero-order valence-corrected chi connectivity index (χ0v) is 11.3. The highest BCUT2D eigenvalue weighted by Crippen LogP contribution is 2.08. The second-order valence-electron chi connectivity index (χ2n) is 4.65. The first-order valence-electron chi connectivity index (χ1n) is 6.18. The van der Waals surface area contributed by atoms with Gasteiger partial charge in [-0.3, -0.25) is 4.79 Å². The zero-order valence-electron chi connectivity index (χ0n) is 10.5. The summed E-state index contributed by atoms with van der Waals surface area (Å²) in [5.74, 6) is -0.679. The quantitative estimate of drug-likeness (QED) is 0.735. The first kappa shape index (κ1) is 14.4. The molecular formula is C11H22N2O3S. The van der Waals surface area contributed by atoms with Crippen LogP contribution in [0.2, 0.25) is 0 Å². The van der Waals surface area contributed by atoms with Crippen molar-refractivity contribution in [2.24, 2.45) is 0 Å². The van der Waals surface area contributed by atoms with Crippen LogP contribution >= 0.6 is 0 Å². The fraction of sp³-hybridized carbons (Fsp3) is 0.909. The van der Waals surface area contributed by atoms with Gasteiger partial charge in [-0.25, -0.2) is 8.42 Å². The summed E-state index contributed by atoms with van der Waals surface area (Å²) in [7, 11) is -3.23. The number of hydrogen-bond acceptors (Lipinski definition) is 4. The van der Waals surface area contributed by atoms with Gasteiger partial charge in [0.05, 0.1) is 5.75 Å². The van der Waals surface area contributed by atoms with Crippen molar-refractivity contribution in [1.82, 2.24) is 10.6 Å². The van der Waals surface area contributed by atoms with Crippen LogP contribution in [0.4, 0.5) is 0 Å². The molecular weight excluding hydrogens is 240 g/mol. The summed E-state index contributed by atoms with van der Waals surface area (Å²) >= 11 is 0. The fourth-order valence-corrected chi connectivity index (χ4v) is 3.32. The maximum atomic E-state index is 11.6. The lowest BCUT2D eigenvalue weighted by molar-refractivity contribution is -0.119. The normalized spacial score (nSPS) is 25.5. The van der Waals surface area contributed by atoms with E-state index in [1.807, 2.05) is 6.92 Å². The van der Waals surface area contributed by atoms with Gasteiger partial charge in [-0.05, 0) is 32.7 Å². The largest absolute Gasteiger partial charge is 0.351 e. The number of piperidine rings is 1. The number of nitrogens with one attached hydrogen (secondary N) is 2. The van der Waals surface area contributed by atoms with Crippen LogP contribution in [0.15, 0.2) is 0 Å². The molecule has 1 saturated heterocycles. The van der Waals surface area contributed by atoms with Crippen molar-refractivity contribution in [3.05, 3.63) is 0 Å². The van der Waals surface area contributed by atoms with E-state index in [1.54, 1.807) is 6.92 Å². The van der Waals surface area contributed by atoms with Crippen LogP contribution in [0.1, 0.15) is 33.1 Å². The van der Waals surface area contributed by atoms with E-state index in [-0.39, 0.29) is 29.5 Å². The van der Waals surface area contributed by atoms with Crippen molar-refractivity contribution in [2.75, 3.05) is 18.1 Å². The van der Waals surface area contributed by atoms with Gasteiger partial charge in [0.25, 0.3) is 0 Å². The Morgan fingerprint density at radius 1 is 1.47 bits per heavy atom. The smallest absolute Gasteiger partial charge is 0.235 e. The maximum absolute atomic E-state index is 11.6. The van der Waals surface area contributed by atoms with E-state index in [0.29, 0.717) is 6.42 Å². The first-order chi connectivity index (χ1) is 7.94. The molecule has 1 fully saturated rings. The fourth-order valence-electron chi connectivity index (χ4n) is 2.07. The highest BCUT2D eigenvalue weighted by Gasteiger charge is 2.24. The average Bonchev–Trinajstić information content (AvgIpc) is 2.20. The van der Waals surface area contributed by atoms with E-state index in [0.717, 1.165) is 19.4 Å². The molecule has 2 unspecified atom stereocenters. The molecule has 6 heteroatoms. The molecule has 0 aromatic carbocycles. The molecule has 0 spiro atoms. The summed E-state index contributed by atoms with van der Waals surface area (Å²) in [5, 5.41) is 6.06. The molecule has 0 aromatic rings. The van der Waals surface area contributed by atoms with Crippen molar-refractivity contribution >= 4 is 15.7 Å². The topological polar surface area (TPSA) is 75.3 Å². The molecule has 0 radical (unpaired) electrons. The van der Waals surface area contributed by atoms with Gasteiger partial charge in [0, 0.05) is 12.1 Å². The van der Waals surface area contributed by atoms with E-state index >= 15 is 0 Å². The highest BCUT2D eigenvalue weighted by atomic mass is 32.2. The molecule has 1 rings (SSSR count). The Labute approximate surface area is 103 Å². The Balaban J connectivity index is 2.43. The van der Waals surface area contributed by atoms with Crippen LogP contribution < -0.4 is 10.6 Å². The van der Waals surface area contributed by atoms with E-state index in [9.17, 15) is 13.2 Å². The average molecular weight is 262 g/mol. The zero-order chi connectivity index (χ0) is 12.9. The molecule has 100 valence electrons. The van der Waals surface area contributed by atoms with Crippen LogP contribution in [0, 0.1) is 0 Å². The number of carbonyl (C=O) groups is 1. The summed E-state index contributed by atoms with van der Waals surface area (Å²) < 4.78 is 23.0. The lowest BCUT2D eigenvalue weighted by atomic mass is 10.00. The third-order valence-electron chi connectivity index (χ3n) is 2.97. The number of sulfone groups is 1. The summed E-state index contributed by atoms with van der Waals surface area (Å²) in [6.45, 7) is 4.76. The van der Waals surface area contributed by atoms with E-state index < -0.39 is 9.84 Å². The van der Waals surface area contributed by atoms with Gasteiger partial charge in [-0.1, -0.05) is 6.92 Å². The predicted octanol–water partition coefficient (Wildman–Crippen LogP) is 0.0679.